The number of nitrogens with one attached hydrogen (secondary N) is 2. The van der Waals surface area contributed by atoms with Crippen molar-refractivity contribution in [3.05, 3.63) is 57.6 Å². The second-order valence-corrected chi connectivity index (χ2v) is 6.45. The highest BCUT2D eigenvalue weighted by molar-refractivity contribution is 6.32. The predicted octanol–water partition coefficient (Wildman–Crippen LogP) is 4.10. The fourth-order valence-electron chi connectivity index (χ4n) is 2.39. The van der Waals surface area contributed by atoms with Crippen LogP contribution in [0.4, 0.5) is 0 Å². The summed E-state index contributed by atoms with van der Waals surface area (Å²) in [5.74, 6) is 1.09. The van der Waals surface area contributed by atoms with Crippen LogP contribution in [0.5, 0.6) is 11.5 Å². The maximum absolute atomic E-state index is 8.72. The minimum absolute atomic E-state index is 0. The van der Waals surface area contributed by atoms with Gasteiger partial charge in [0.15, 0.2) is 11.5 Å². The summed E-state index contributed by atoms with van der Waals surface area (Å²) < 4.78 is 11.3. The van der Waals surface area contributed by atoms with Gasteiger partial charge in [-0.05, 0) is 23.8 Å². The van der Waals surface area contributed by atoms with Gasteiger partial charge in [0.2, 0.25) is 0 Å². The number of rotatable bonds is 11. The number of hydrogen-bond acceptors (Lipinski definition) is 5. The fraction of sp³-hybridized carbons (Fsp3) is 0.368. The molecule has 0 fully saturated rings. The van der Waals surface area contributed by atoms with E-state index >= 15 is 0 Å². The second-order valence-electron chi connectivity index (χ2n) is 5.64. The molecule has 0 saturated carbocycles. The Morgan fingerprint density at radius 1 is 0.964 bits per heavy atom. The molecule has 2 aromatic carbocycles. The van der Waals surface area contributed by atoms with Crippen LogP contribution in [0.15, 0.2) is 36.4 Å². The molecule has 0 unspecified atom stereocenters. The molecule has 0 bridgehead atoms. The van der Waals surface area contributed by atoms with Crippen LogP contribution in [0.1, 0.15) is 11.1 Å². The largest absolute Gasteiger partial charge is 0.493 e. The van der Waals surface area contributed by atoms with Crippen LogP contribution in [-0.4, -0.2) is 38.5 Å². The van der Waals surface area contributed by atoms with Crippen LogP contribution >= 0.6 is 48.0 Å². The van der Waals surface area contributed by atoms with Crippen LogP contribution in [0.25, 0.3) is 0 Å². The van der Waals surface area contributed by atoms with Crippen LogP contribution in [0.2, 0.25) is 10.0 Å². The van der Waals surface area contributed by atoms with E-state index in [1.165, 1.54) is 0 Å². The monoisotopic (exact) mass is 470 g/mol. The van der Waals surface area contributed by atoms with Crippen LogP contribution < -0.4 is 20.1 Å². The van der Waals surface area contributed by atoms with E-state index in [0.717, 1.165) is 24.2 Å². The first-order valence-electron chi connectivity index (χ1n) is 8.40. The Balaban J connectivity index is 0.00000364. The Morgan fingerprint density at radius 2 is 1.68 bits per heavy atom. The van der Waals surface area contributed by atoms with Crippen LogP contribution in [0.3, 0.4) is 0 Å². The van der Waals surface area contributed by atoms with E-state index in [1.807, 2.05) is 36.4 Å². The smallest absolute Gasteiger partial charge is 0.180 e. The van der Waals surface area contributed by atoms with Gasteiger partial charge < -0.3 is 25.2 Å². The summed E-state index contributed by atoms with van der Waals surface area (Å²) in [4.78, 5) is 0. The molecule has 0 saturated heterocycles. The van der Waals surface area contributed by atoms with Crippen molar-refractivity contribution in [3.8, 4) is 11.5 Å². The van der Waals surface area contributed by atoms with Crippen molar-refractivity contribution in [1.82, 2.24) is 10.6 Å². The Kier molecular flexibility index (Phi) is 14.5. The Hall–Kier alpha value is -0.920. The molecule has 0 atom stereocenters. The van der Waals surface area contributed by atoms with E-state index in [1.54, 1.807) is 7.11 Å². The number of ether oxygens (including phenoxy) is 2. The number of methoxy groups -OCH3 is 1. The lowest BCUT2D eigenvalue weighted by molar-refractivity contribution is 0.284. The zero-order valence-corrected chi connectivity index (χ0v) is 18.7. The quantitative estimate of drug-likeness (QED) is 0.430. The van der Waals surface area contributed by atoms with E-state index in [9.17, 15) is 0 Å². The summed E-state index contributed by atoms with van der Waals surface area (Å²) >= 11 is 12.6. The van der Waals surface area contributed by atoms with Gasteiger partial charge in [0, 0.05) is 36.8 Å². The Bertz CT molecular complexity index is 705. The summed E-state index contributed by atoms with van der Waals surface area (Å²) in [5, 5.41) is 16.3. The number of aliphatic hydroxyl groups excluding tert-OH is 1. The SMILES string of the molecule is COc1cc(CNCCNCCO)cc(Cl)c1OCc1ccccc1Cl.Cl.Cl. The van der Waals surface area contributed by atoms with Gasteiger partial charge in [-0.15, -0.1) is 24.8 Å². The van der Waals surface area contributed by atoms with E-state index in [4.69, 9.17) is 37.8 Å². The third kappa shape index (κ3) is 8.62. The van der Waals surface area contributed by atoms with E-state index in [0.29, 0.717) is 41.2 Å². The van der Waals surface area contributed by atoms with Crippen molar-refractivity contribution < 1.29 is 14.6 Å². The Morgan fingerprint density at radius 3 is 2.36 bits per heavy atom. The summed E-state index contributed by atoms with van der Waals surface area (Å²) in [6.45, 7) is 3.27. The number of benzene rings is 2. The van der Waals surface area contributed by atoms with Crippen LogP contribution in [0, 0.1) is 0 Å². The van der Waals surface area contributed by atoms with Gasteiger partial charge >= 0.3 is 0 Å². The molecule has 28 heavy (non-hydrogen) atoms. The minimum Gasteiger partial charge on any atom is -0.493 e. The van der Waals surface area contributed by atoms with Gasteiger partial charge in [0.05, 0.1) is 18.7 Å². The van der Waals surface area contributed by atoms with Crippen molar-refractivity contribution in [1.29, 1.82) is 0 Å². The number of halogens is 4. The van der Waals surface area contributed by atoms with Crippen molar-refractivity contribution in [2.45, 2.75) is 13.2 Å². The molecule has 0 radical (unpaired) electrons. The zero-order valence-electron chi connectivity index (χ0n) is 15.5. The first-order valence-corrected chi connectivity index (χ1v) is 9.16. The second kappa shape index (κ2) is 15.0. The fourth-order valence-corrected chi connectivity index (χ4v) is 2.87. The molecule has 0 aromatic heterocycles. The average Bonchev–Trinajstić information content (AvgIpc) is 2.64. The molecule has 0 aliphatic heterocycles. The maximum atomic E-state index is 8.72. The highest BCUT2D eigenvalue weighted by Gasteiger charge is 2.13. The standard InChI is InChI=1S/C19H24Cl2N2O3.2ClH/c1-25-18-11-14(12-23-7-6-22-8-9-24)10-17(21)19(18)26-13-15-4-2-3-5-16(15)20;;/h2-5,10-11,22-24H,6-9,12-13H2,1H3;2*1H. The van der Waals surface area contributed by atoms with Gasteiger partial charge in [-0.25, -0.2) is 0 Å². The molecule has 0 aliphatic rings. The van der Waals surface area contributed by atoms with Crippen LogP contribution in [-0.2, 0) is 13.2 Å². The first kappa shape index (κ1) is 27.1. The molecule has 2 aromatic rings. The summed E-state index contributed by atoms with van der Waals surface area (Å²) in [6.07, 6.45) is 0. The molecule has 5 nitrogen and oxygen atoms in total. The lowest BCUT2D eigenvalue weighted by atomic mass is 10.2. The molecule has 9 heteroatoms. The first-order chi connectivity index (χ1) is 12.7. The molecular formula is C19H26Cl4N2O3. The molecule has 2 rings (SSSR count). The van der Waals surface area contributed by atoms with Crippen molar-refractivity contribution in [2.75, 3.05) is 33.4 Å². The Labute approximate surface area is 188 Å². The van der Waals surface area contributed by atoms with Gasteiger partial charge in [-0.3, -0.25) is 0 Å². The molecule has 0 heterocycles. The van der Waals surface area contributed by atoms with Gasteiger partial charge in [0.25, 0.3) is 0 Å². The highest BCUT2D eigenvalue weighted by atomic mass is 35.5. The molecule has 0 spiro atoms. The van der Waals surface area contributed by atoms with Crippen molar-refractivity contribution >= 4 is 48.0 Å². The third-order valence-electron chi connectivity index (χ3n) is 3.72. The van der Waals surface area contributed by atoms with Gasteiger partial charge in [-0.2, -0.15) is 0 Å². The highest BCUT2D eigenvalue weighted by Crippen LogP contribution is 2.37. The maximum Gasteiger partial charge on any atom is 0.180 e. The molecule has 3 N–H and O–H groups in total. The molecule has 158 valence electrons. The molecular weight excluding hydrogens is 446 g/mol. The number of aliphatic hydroxyl groups is 1. The lowest BCUT2D eigenvalue weighted by Gasteiger charge is -2.15. The number of hydrogen-bond donors (Lipinski definition) is 3. The van der Waals surface area contributed by atoms with Crippen molar-refractivity contribution in [3.63, 3.8) is 0 Å². The van der Waals surface area contributed by atoms with Crippen molar-refractivity contribution in [2.24, 2.45) is 0 Å². The lowest BCUT2D eigenvalue weighted by Crippen LogP contribution is -2.28. The summed E-state index contributed by atoms with van der Waals surface area (Å²) in [7, 11) is 1.59. The topological polar surface area (TPSA) is 62.8 Å². The average molecular weight is 472 g/mol. The van der Waals surface area contributed by atoms with E-state index < -0.39 is 0 Å². The predicted molar refractivity (Wildman–Crippen MR) is 120 cm³/mol. The van der Waals surface area contributed by atoms with E-state index in [2.05, 4.69) is 10.6 Å². The van der Waals surface area contributed by atoms with E-state index in [-0.39, 0.29) is 31.4 Å². The normalized spacial score (nSPS) is 10.0. The third-order valence-corrected chi connectivity index (χ3v) is 4.36. The van der Waals surface area contributed by atoms with Gasteiger partial charge in [-0.1, -0.05) is 41.4 Å². The van der Waals surface area contributed by atoms with Gasteiger partial charge in [0.1, 0.15) is 6.61 Å². The summed E-state index contributed by atoms with van der Waals surface area (Å²) in [5.41, 5.74) is 1.88. The molecule has 0 amide bonds. The zero-order chi connectivity index (χ0) is 18.8. The summed E-state index contributed by atoms with van der Waals surface area (Å²) in [6, 6.07) is 11.3. The minimum atomic E-state index is 0. The molecule has 0 aliphatic carbocycles.